The summed E-state index contributed by atoms with van der Waals surface area (Å²) in [6.07, 6.45) is 2.37. The number of nitrogens with one attached hydrogen (secondary N) is 2. The largest absolute Gasteiger partial charge is 0.346 e. The fourth-order valence-electron chi connectivity index (χ4n) is 4.76. The number of aromatic amines is 1. The van der Waals surface area contributed by atoms with Crippen LogP contribution in [-0.4, -0.2) is 51.2 Å². The van der Waals surface area contributed by atoms with Crippen molar-refractivity contribution in [3.63, 3.8) is 0 Å². The summed E-state index contributed by atoms with van der Waals surface area (Å²) in [6, 6.07) is 10.6. The molecule has 2 aromatic heterocycles. The predicted molar refractivity (Wildman–Crippen MR) is 105 cm³/mol. The maximum atomic E-state index is 13.0. The Balaban J connectivity index is 1.46. The highest BCUT2D eigenvalue weighted by atomic mass is 16.2. The summed E-state index contributed by atoms with van der Waals surface area (Å²) in [4.78, 5) is 15.4. The molecule has 2 bridgehead atoms. The van der Waals surface area contributed by atoms with Crippen molar-refractivity contribution in [2.75, 3.05) is 19.6 Å². The average molecular weight is 363 g/mol. The molecule has 3 saturated heterocycles. The van der Waals surface area contributed by atoms with Gasteiger partial charge in [0.05, 0.1) is 5.52 Å². The summed E-state index contributed by atoms with van der Waals surface area (Å²) in [5.41, 5.74) is 4.79. The molecular weight excluding hydrogens is 338 g/mol. The third kappa shape index (κ3) is 2.75. The summed E-state index contributed by atoms with van der Waals surface area (Å²) in [6.45, 7) is 7.48. The molecule has 27 heavy (non-hydrogen) atoms. The van der Waals surface area contributed by atoms with Crippen molar-refractivity contribution >= 4 is 16.8 Å². The van der Waals surface area contributed by atoms with Crippen LogP contribution < -0.4 is 5.32 Å². The Morgan fingerprint density at radius 2 is 1.89 bits per heavy atom. The lowest BCUT2D eigenvalue weighted by atomic mass is 9.84. The van der Waals surface area contributed by atoms with Crippen LogP contribution in [0.25, 0.3) is 16.6 Å². The van der Waals surface area contributed by atoms with E-state index in [2.05, 4.69) is 63.1 Å². The lowest BCUT2D eigenvalue weighted by Gasteiger charge is -2.44. The van der Waals surface area contributed by atoms with Crippen LogP contribution in [0.4, 0.5) is 0 Å². The molecule has 6 heteroatoms. The zero-order valence-corrected chi connectivity index (χ0v) is 15.8. The number of piperidine rings is 3. The fraction of sp³-hybridized carbons (Fsp3) is 0.429. The van der Waals surface area contributed by atoms with Crippen molar-refractivity contribution in [2.45, 2.75) is 32.7 Å². The van der Waals surface area contributed by atoms with E-state index < -0.39 is 0 Å². The molecule has 3 fully saturated rings. The minimum absolute atomic E-state index is 0.0712. The monoisotopic (exact) mass is 363 g/mol. The molecule has 3 aromatic rings. The van der Waals surface area contributed by atoms with E-state index in [4.69, 9.17) is 0 Å². The molecule has 5 heterocycles. The van der Waals surface area contributed by atoms with Crippen molar-refractivity contribution < 1.29 is 4.79 Å². The van der Waals surface area contributed by atoms with Crippen molar-refractivity contribution in [3.05, 3.63) is 47.4 Å². The lowest BCUT2D eigenvalue weighted by Crippen LogP contribution is -2.57. The summed E-state index contributed by atoms with van der Waals surface area (Å²) >= 11 is 0. The van der Waals surface area contributed by atoms with E-state index in [-0.39, 0.29) is 11.9 Å². The SMILES string of the molecule is Cc1ccc(C)n1-c1ccc2[nH]nc(C(=O)N[C@@H]3CN4CCC3CC4)c2c1. The quantitative estimate of drug-likeness (QED) is 0.752. The van der Waals surface area contributed by atoms with Gasteiger partial charge in [-0.1, -0.05) is 0 Å². The van der Waals surface area contributed by atoms with Crippen LogP contribution in [0, 0.1) is 19.8 Å². The first-order valence-electron chi connectivity index (χ1n) is 9.77. The number of benzene rings is 1. The second-order valence-corrected chi connectivity index (χ2v) is 7.97. The minimum Gasteiger partial charge on any atom is -0.346 e. The number of carbonyl (C=O) groups excluding carboxylic acids is 1. The van der Waals surface area contributed by atoms with E-state index in [1.54, 1.807) is 0 Å². The highest BCUT2D eigenvalue weighted by Crippen LogP contribution is 2.28. The standard InChI is InChI=1S/C21H25N5O/c1-13-3-4-14(2)26(13)16-5-6-18-17(11-16)20(24-23-18)21(27)22-19-12-25-9-7-15(19)8-10-25/h3-6,11,15,19H,7-10,12H2,1-2H3,(H,22,27)(H,23,24)/t19-/m1/s1. The summed E-state index contributed by atoms with van der Waals surface area (Å²) in [5, 5.41) is 11.5. The topological polar surface area (TPSA) is 66.0 Å². The highest BCUT2D eigenvalue weighted by molar-refractivity contribution is 6.05. The Bertz CT molecular complexity index is 989. The number of aromatic nitrogens is 3. The number of amides is 1. The van der Waals surface area contributed by atoms with Gasteiger partial charge in [-0.3, -0.25) is 9.89 Å². The van der Waals surface area contributed by atoms with Crippen LogP contribution in [0.15, 0.2) is 30.3 Å². The van der Waals surface area contributed by atoms with Gasteiger partial charge < -0.3 is 14.8 Å². The van der Waals surface area contributed by atoms with Crippen LogP contribution in [0.2, 0.25) is 0 Å². The first kappa shape index (κ1) is 16.6. The van der Waals surface area contributed by atoms with Crippen molar-refractivity contribution in [1.29, 1.82) is 0 Å². The maximum absolute atomic E-state index is 13.0. The molecule has 1 atom stereocenters. The van der Waals surface area contributed by atoms with Crippen LogP contribution >= 0.6 is 0 Å². The van der Waals surface area contributed by atoms with Gasteiger partial charge in [0.1, 0.15) is 0 Å². The number of rotatable bonds is 3. The zero-order chi connectivity index (χ0) is 18.5. The molecule has 3 aliphatic heterocycles. The number of fused-ring (bicyclic) bond motifs is 4. The molecule has 0 radical (unpaired) electrons. The van der Waals surface area contributed by atoms with Crippen molar-refractivity contribution in [3.8, 4) is 5.69 Å². The number of aryl methyl sites for hydroxylation is 2. The highest BCUT2D eigenvalue weighted by Gasteiger charge is 2.35. The Morgan fingerprint density at radius 1 is 1.15 bits per heavy atom. The number of H-pyrrole nitrogens is 1. The molecule has 140 valence electrons. The second-order valence-electron chi connectivity index (χ2n) is 7.97. The van der Waals surface area contributed by atoms with Crippen LogP contribution in [-0.2, 0) is 0 Å². The van der Waals surface area contributed by atoms with Gasteiger partial charge in [0.2, 0.25) is 0 Å². The van der Waals surface area contributed by atoms with Crippen LogP contribution in [0.5, 0.6) is 0 Å². The minimum atomic E-state index is -0.0712. The van der Waals surface area contributed by atoms with E-state index in [9.17, 15) is 4.79 Å². The summed E-state index contributed by atoms with van der Waals surface area (Å²) in [5.74, 6) is 0.531. The molecule has 6 nitrogen and oxygen atoms in total. The zero-order valence-electron chi connectivity index (χ0n) is 15.8. The van der Waals surface area contributed by atoms with E-state index in [1.807, 2.05) is 6.07 Å². The number of hydrogen-bond acceptors (Lipinski definition) is 3. The number of nitrogens with zero attached hydrogens (tertiary/aromatic N) is 3. The first-order chi connectivity index (χ1) is 13.1. The molecule has 2 N–H and O–H groups in total. The Kier molecular flexibility index (Phi) is 3.82. The van der Waals surface area contributed by atoms with E-state index in [0.717, 1.165) is 23.1 Å². The van der Waals surface area contributed by atoms with Crippen LogP contribution in [0.1, 0.15) is 34.7 Å². The van der Waals surface area contributed by atoms with E-state index >= 15 is 0 Å². The second kappa shape index (κ2) is 6.23. The molecule has 0 saturated carbocycles. The van der Waals surface area contributed by atoms with Gasteiger partial charge in [-0.05, 0) is 76.0 Å². The van der Waals surface area contributed by atoms with E-state index in [0.29, 0.717) is 11.6 Å². The molecule has 0 unspecified atom stereocenters. The van der Waals surface area contributed by atoms with Crippen molar-refractivity contribution in [2.24, 2.45) is 5.92 Å². The molecule has 1 aromatic carbocycles. The van der Waals surface area contributed by atoms with Crippen LogP contribution in [0.3, 0.4) is 0 Å². The number of hydrogen-bond donors (Lipinski definition) is 2. The molecule has 1 amide bonds. The van der Waals surface area contributed by atoms with Crippen molar-refractivity contribution in [1.82, 2.24) is 25.0 Å². The molecule has 0 spiro atoms. The summed E-state index contributed by atoms with van der Waals surface area (Å²) in [7, 11) is 0. The average Bonchev–Trinajstić information content (AvgIpc) is 3.25. The smallest absolute Gasteiger partial charge is 0.272 e. The Hall–Kier alpha value is -2.60. The Labute approximate surface area is 158 Å². The van der Waals surface area contributed by atoms with Gasteiger partial charge in [-0.25, -0.2) is 0 Å². The Morgan fingerprint density at radius 3 is 2.56 bits per heavy atom. The molecule has 3 aliphatic rings. The van der Waals surface area contributed by atoms with Gasteiger partial charge >= 0.3 is 0 Å². The predicted octanol–water partition coefficient (Wildman–Crippen LogP) is 2.79. The first-order valence-corrected chi connectivity index (χ1v) is 9.77. The maximum Gasteiger partial charge on any atom is 0.272 e. The molecule has 6 rings (SSSR count). The molecular formula is C21H25N5O. The normalized spacial score (nSPS) is 24.4. The molecule has 0 aliphatic carbocycles. The van der Waals surface area contributed by atoms with Gasteiger partial charge in [0.15, 0.2) is 5.69 Å². The third-order valence-electron chi connectivity index (χ3n) is 6.26. The third-order valence-corrected chi connectivity index (χ3v) is 6.26. The fourth-order valence-corrected chi connectivity index (χ4v) is 4.76. The van der Waals surface area contributed by atoms with Gasteiger partial charge in [0.25, 0.3) is 5.91 Å². The summed E-state index contributed by atoms with van der Waals surface area (Å²) < 4.78 is 2.20. The van der Waals surface area contributed by atoms with E-state index in [1.165, 1.54) is 37.3 Å². The number of carbonyl (C=O) groups is 1. The lowest BCUT2D eigenvalue weighted by molar-refractivity contribution is 0.0618. The van der Waals surface area contributed by atoms with Gasteiger partial charge in [-0.15, -0.1) is 0 Å². The van der Waals surface area contributed by atoms with Gasteiger partial charge in [0, 0.05) is 35.0 Å². The van der Waals surface area contributed by atoms with Gasteiger partial charge in [-0.2, -0.15) is 5.10 Å².